The number of fused-ring (bicyclic) bond motifs is 1. The highest BCUT2D eigenvalue weighted by Crippen LogP contribution is 2.26. The second-order valence-electron chi connectivity index (χ2n) is 6.61. The number of carbonyl (C=O) groups is 1. The Hall–Kier alpha value is -3.37. The average Bonchev–Trinajstić information content (AvgIpc) is 2.77. The van der Waals surface area contributed by atoms with Gasteiger partial charge in [-0.1, -0.05) is 54.1 Å². The maximum absolute atomic E-state index is 13.0. The first kappa shape index (κ1) is 19.0. The van der Waals surface area contributed by atoms with Crippen LogP contribution < -0.4 is 10.1 Å². The molecule has 1 aromatic heterocycles. The lowest BCUT2D eigenvalue weighted by atomic mass is 10.0. The van der Waals surface area contributed by atoms with E-state index in [1.54, 1.807) is 7.11 Å². The highest BCUT2D eigenvalue weighted by atomic mass is 35.5. The van der Waals surface area contributed by atoms with Crippen LogP contribution in [-0.2, 0) is 6.54 Å². The maximum Gasteiger partial charge on any atom is 0.252 e. The van der Waals surface area contributed by atoms with Crippen LogP contribution in [0.25, 0.3) is 22.2 Å². The Labute approximate surface area is 174 Å². The lowest BCUT2D eigenvalue weighted by molar-refractivity contribution is 0.0952. The second-order valence-corrected chi connectivity index (χ2v) is 7.05. The van der Waals surface area contributed by atoms with Crippen molar-refractivity contribution in [1.29, 1.82) is 0 Å². The predicted octanol–water partition coefficient (Wildman–Crippen LogP) is 5.49. The molecule has 144 valence electrons. The van der Waals surface area contributed by atoms with Gasteiger partial charge in [0.2, 0.25) is 0 Å². The number of rotatable bonds is 5. The third-order valence-corrected chi connectivity index (χ3v) is 4.96. The molecule has 4 nitrogen and oxygen atoms in total. The first-order valence-corrected chi connectivity index (χ1v) is 9.59. The number of aromatic nitrogens is 1. The summed E-state index contributed by atoms with van der Waals surface area (Å²) in [5, 5.41) is 4.48. The van der Waals surface area contributed by atoms with Crippen LogP contribution in [0.3, 0.4) is 0 Å². The van der Waals surface area contributed by atoms with E-state index in [1.807, 2.05) is 78.9 Å². The minimum absolute atomic E-state index is 0.144. The van der Waals surface area contributed by atoms with Crippen LogP contribution in [0, 0.1) is 0 Å². The Balaban J connectivity index is 1.65. The molecule has 4 aromatic rings. The van der Waals surface area contributed by atoms with E-state index >= 15 is 0 Å². The van der Waals surface area contributed by atoms with Crippen LogP contribution in [0.4, 0.5) is 0 Å². The number of para-hydroxylation sites is 1. The van der Waals surface area contributed by atoms with Gasteiger partial charge >= 0.3 is 0 Å². The molecule has 0 bridgehead atoms. The molecule has 0 atom stereocenters. The van der Waals surface area contributed by atoms with Gasteiger partial charge in [0.1, 0.15) is 5.75 Å². The Morgan fingerprint density at radius 2 is 1.72 bits per heavy atom. The Morgan fingerprint density at radius 3 is 2.45 bits per heavy atom. The molecule has 1 N–H and O–H groups in total. The molecule has 1 amide bonds. The average molecular weight is 403 g/mol. The minimum atomic E-state index is -0.144. The highest BCUT2D eigenvalue weighted by Gasteiger charge is 2.14. The van der Waals surface area contributed by atoms with Gasteiger partial charge in [0.25, 0.3) is 5.91 Å². The van der Waals surface area contributed by atoms with Gasteiger partial charge in [-0.05, 0) is 42.0 Å². The first-order valence-electron chi connectivity index (χ1n) is 9.21. The largest absolute Gasteiger partial charge is 0.497 e. The van der Waals surface area contributed by atoms with E-state index in [1.165, 1.54) is 0 Å². The van der Waals surface area contributed by atoms with Gasteiger partial charge in [-0.3, -0.25) is 4.79 Å². The van der Waals surface area contributed by atoms with E-state index in [0.717, 1.165) is 33.5 Å². The van der Waals surface area contributed by atoms with Gasteiger partial charge in [-0.25, -0.2) is 4.98 Å². The Kier molecular flexibility index (Phi) is 5.45. The van der Waals surface area contributed by atoms with Crippen molar-refractivity contribution in [3.05, 3.63) is 95.0 Å². The highest BCUT2D eigenvalue weighted by molar-refractivity contribution is 6.30. The van der Waals surface area contributed by atoms with Crippen molar-refractivity contribution >= 4 is 28.4 Å². The lowest BCUT2D eigenvalue weighted by Gasteiger charge is -2.11. The minimum Gasteiger partial charge on any atom is -0.497 e. The quantitative estimate of drug-likeness (QED) is 0.480. The molecule has 3 aromatic carbocycles. The van der Waals surface area contributed by atoms with E-state index in [-0.39, 0.29) is 5.91 Å². The van der Waals surface area contributed by atoms with Crippen LogP contribution in [0.2, 0.25) is 5.02 Å². The van der Waals surface area contributed by atoms with Crippen molar-refractivity contribution in [3.8, 4) is 17.0 Å². The van der Waals surface area contributed by atoms with Gasteiger partial charge in [0, 0.05) is 22.5 Å². The lowest BCUT2D eigenvalue weighted by Crippen LogP contribution is -2.23. The monoisotopic (exact) mass is 402 g/mol. The van der Waals surface area contributed by atoms with Crippen LogP contribution >= 0.6 is 11.6 Å². The summed E-state index contributed by atoms with van der Waals surface area (Å²) in [5.74, 6) is 0.641. The zero-order valence-electron chi connectivity index (χ0n) is 15.9. The summed E-state index contributed by atoms with van der Waals surface area (Å²) >= 11 is 6.00. The number of hydrogen-bond donors (Lipinski definition) is 1. The van der Waals surface area contributed by atoms with Gasteiger partial charge in [-0.15, -0.1) is 0 Å². The molecule has 29 heavy (non-hydrogen) atoms. The third-order valence-electron chi connectivity index (χ3n) is 4.71. The molecule has 5 heteroatoms. The van der Waals surface area contributed by atoms with E-state index < -0.39 is 0 Å². The number of pyridine rings is 1. The topological polar surface area (TPSA) is 51.2 Å². The number of nitrogens with zero attached hydrogens (tertiary/aromatic N) is 1. The Morgan fingerprint density at radius 1 is 1.00 bits per heavy atom. The van der Waals surface area contributed by atoms with E-state index in [0.29, 0.717) is 17.1 Å². The van der Waals surface area contributed by atoms with Crippen molar-refractivity contribution in [1.82, 2.24) is 10.3 Å². The molecule has 0 aliphatic heterocycles. The van der Waals surface area contributed by atoms with Crippen LogP contribution in [0.5, 0.6) is 5.75 Å². The molecule has 0 saturated heterocycles. The summed E-state index contributed by atoms with van der Waals surface area (Å²) in [6.45, 7) is 0.426. The SMILES string of the molecule is COc1ccc(CNC(=O)c2cc(-c3ccc(Cl)cc3)nc3ccccc23)cc1. The summed E-state index contributed by atoms with van der Waals surface area (Å²) in [6.07, 6.45) is 0. The van der Waals surface area contributed by atoms with Crippen molar-refractivity contribution in [2.24, 2.45) is 0 Å². The molecule has 1 heterocycles. The van der Waals surface area contributed by atoms with Gasteiger partial charge in [0.15, 0.2) is 0 Å². The van der Waals surface area contributed by atoms with Crippen LogP contribution in [0.15, 0.2) is 78.9 Å². The smallest absolute Gasteiger partial charge is 0.252 e. The summed E-state index contributed by atoms with van der Waals surface area (Å²) in [4.78, 5) is 17.7. The third kappa shape index (κ3) is 4.23. The fourth-order valence-corrected chi connectivity index (χ4v) is 3.28. The molecule has 0 radical (unpaired) electrons. The summed E-state index contributed by atoms with van der Waals surface area (Å²) in [6, 6.07) is 24.5. The number of ether oxygens (including phenoxy) is 1. The van der Waals surface area contributed by atoms with Crippen molar-refractivity contribution in [3.63, 3.8) is 0 Å². The molecule has 4 rings (SSSR count). The Bertz CT molecular complexity index is 1160. The number of hydrogen-bond acceptors (Lipinski definition) is 3. The summed E-state index contributed by atoms with van der Waals surface area (Å²) in [7, 11) is 1.63. The summed E-state index contributed by atoms with van der Waals surface area (Å²) in [5.41, 5.74) is 4.00. The molecular weight excluding hydrogens is 384 g/mol. The predicted molar refractivity (Wildman–Crippen MR) is 116 cm³/mol. The van der Waals surface area contributed by atoms with E-state index in [4.69, 9.17) is 21.3 Å². The van der Waals surface area contributed by atoms with Crippen LogP contribution in [-0.4, -0.2) is 18.0 Å². The number of carbonyl (C=O) groups excluding carboxylic acids is 1. The van der Waals surface area contributed by atoms with Gasteiger partial charge in [-0.2, -0.15) is 0 Å². The molecule has 0 saturated carbocycles. The maximum atomic E-state index is 13.0. The molecule has 0 spiro atoms. The molecule has 0 aliphatic rings. The zero-order chi connectivity index (χ0) is 20.2. The van der Waals surface area contributed by atoms with Gasteiger partial charge in [0.05, 0.1) is 23.9 Å². The standard InChI is InChI=1S/C24H19ClN2O2/c1-29-19-12-6-16(7-13-19)15-26-24(28)21-14-23(17-8-10-18(25)11-9-17)27-22-5-3-2-4-20(21)22/h2-14H,15H2,1H3,(H,26,28). The number of nitrogens with one attached hydrogen (secondary N) is 1. The van der Waals surface area contributed by atoms with Crippen molar-refractivity contribution < 1.29 is 9.53 Å². The first-order chi connectivity index (χ1) is 14.1. The zero-order valence-corrected chi connectivity index (χ0v) is 16.6. The van der Waals surface area contributed by atoms with Crippen molar-refractivity contribution in [2.45, 2.75) is 6.54 Å². The molecule has 0 aliphatic carbocycles. The molecular formula is C24H19ClN2O2. The van der Waals surface area contributed by atoms with Crippen molar-refractivity contribution in [2.75, 3.05) is 7.11 Å². The fraction of sp³-hybridized carbons (Fsp3) is 0.0833. The number of methoxy groups -OCH3 is 1. The van der Waals surface area contributed by atoms with Crippen LogP contribution in [0.1, 0.15) is 15.9 Å². The normalized spacial score (nSPS) is 10.7. The molecule has 0 fully saturated rings. The molecule has 0 unspecified atom stereocenters. The fourth-order valence-electron chi connectivity index (χ4n) is 3.15. The number of halogens is 1. The van der Waals surface area contributed by atoms with Gasteiger partial charge < -0.3 is 10.1 Å². The van der Waals surface area contributed by atoms with E-state index in [9.17, 15) is 4.79 Å². The number of benzene rings is 3. The van der Waals surface area contributed by atoms with E-state index in [2.05, 4.69) is 5.32 Å². The number of amides is 1. The second kappa shape index (κ2) is 8.33. The summed E-state index contributed by atoms with van der Waals surface area (Å²) < 4.78 is 5.17.